The summed E-state index contributed by atoms with van der Waals surface area (Å²) in [5, 5.41) is 6.72. The van der Waals surface area contributed by atoms with Crippen LogP contribution in [0.1, 0.15) is 12.5 Å². The van der Waals surface area contributed by atoms with Crippen molar-refractivity contribution in [2.75, 3.05) is 13.1 Å². The van der Waals surface area contributed by atoms with Crippen LogP contribution < -0.4 is 0 Å². The van der Waals surface area contributed by atoms with Crippen molar-refractivity contribution in [2.24, 2.45) is 0 Å². The third-order valence-corrected chi connectivity index (χ3v) is 6.90. The first-order valence-corrected chi connectivity index (χ1v) is 11.6. The van der Waals surface area contributed by atoms with Crippen LogP contribution in [0.4, 0.5) is 0 Å². The molecular weight excluding hydrogens is 440 g/mol. The van der Waals surface area contributed by atoms with Gasteiger partial charge in [0.25, 0.3) is 0 Å². The number of likely N-dealkylation sites (tertiary alicyclic amines) is 1. The number of halogens is 1. The Morgan fingerprint density at radius 3 is 2.78 bits per heavy atom. The molecule has 0 N–H and O–H groups in total. The van der Waals surface area contributed by atoms with Crippen molar-refractivity contribution in [1.82, 2.24) is 19.7 Å². The number of benzene rings is 2. The zero-order chi connectivity index (χ0) is 22.1. The lowest BCUT2D eigenvalue weighted by Crippen LogP contribution is -2.27. The normalized spacial score (nSPS) is 15.9. The number of rotatable bonds is 5. The maximum Gasteiger partial charge on any atom is 0.246 e. The molecule has 2 aromatic heterocycles. The number of fused-ring (bicyclic) bond motifs is 1. The highest BCUT2D eigenvalue weighted by Crippen LogP contribution is 2.34. The Morgan fingerprint density at radius 2 is 2.00 bits per heavy atom. The zero-order valence-electron chi connectivity index (χ0n) is 17.3. The molecule has 4 aromatic rings. The van der Waals surface area contributed by atoms with Crippen LogP contribution in [-0.2, 0) is 4.79 Å². The highest BCUT2D eigenvalue weighted by molar-refractivity contribution is 7.99. The fourth-order valence-corrected chi connectivity index (χ4v) is 5.23. The minimum atomic E-state index is -0.0290. The highest BCUT2D eigenvalue weighted by Gasteiger charge is 2.28. The fraction of sp³-hybridized carbons (Fsp3) is 0.160. The number of hydrogen-bond acceptors (Lipinski definition) is 4. The Bertz CT molecular complexity index is 1300. The number of carbonyl (C=O) groups excluding carboxylic acids is 1. The van der Waals surface area contributed by atoms with Crippen LogP contribution in [0.5, 0.6) is 0 Å². The van der Waals surface area contributed by atoms with E-state index in [2.05, 4.69) is 40.5 Å². The summed E-state index contributed by atoms with van der Waals surface area (Å²) >= 11 is 7.78. The predicted molar refractivity (Wildman–Crippen MR) is 129 cm³/mol. The first-order chi connectivity index (χ1) is 15.6. The number of aromatic nitrogens is 3. The van der Waals surface area contributed by atoms with Crippen molar-refractivity contribution < 1.29 is 4.79 Å². The number of nitrogens with zero attached hydrogens (tertiary/aromatic N) is 4. The van der Waals surface area contributed by atoms with E-state index in [1.165, 1.54) is 6.08 Å². The van der Waals surface area contributed by atoms with Gasteiger partial charge in [-0.3, -0.25) is 14.5 Å². The molecule has 1 fully saturated rings. The molecule has 0 bridgehead atoms. The van der Waals surface area contributed by atoms with Crippen molar-refractivity contribution in [2.45, 2.75) is 22.3 Å². The van der Waals surface area contributed by atoms with Gasteiger partial charge in [-0.2, -0.15) is 5.10 Å². The van der Waals surface area contributed by atoms with Gasteiger partial charge in [0, 0.05) is 51.2 Å². The molecule has 1 saturated heterocycles. The van der Waals surface area contributed by atoms with Gasteiger partial charge in [-0.1, -0.05) is 48.1 Å². The van der Waals surface area contributed by atoms with Crippen molar-refractivity contribution in [3.8, 4) is 11.3 Å². The summed E-state index contributed by atoms with van der Waals surface area (Å²) in [6, 6.07) is 18.4. The summed E-state index contributed by atoms with van der Waals surface area (Å²) in [5.74, 6) is -0.0290. The van der Waals surface area contributed by atoms with Crippen LogP contribution in [0.25, 0.3) is 22.2 Å². The minimum Gasteiger partial charge on any atom is -0.337 e. The summed E-state index contributed by atoms with van der Waals surface area (Å²) in [6.07, 6.45) is 5.90. The van der Waals surface area contributed by atoms with E-state index in [1.807, 2.05) is 41.4 Å². The standard InChI is InChI=1S/C25H21ClN4OS/c1-2-24(31)29-13-11-19(16-29)30-23-10-12-27-15-22(23)25(28-30)17-6-8-20(9-7-17)32-21-5-3-4-18(26)14-21/h2-10,12,14-15,19H,1,11,13,16H2. The molecule has 0 aliphatic carbocycles. The lowest BCUT2D eigenvalue weighted by Gasteiger charge is -2.15. The molecule has 7 heteroatoms. The van der Waals surface area contributed by atoms with Crippen molar-refractivity contribution >= 4 is 40.2 Å². The zero-order valence-corrected chi connectivity index (χ0v) is 18.9. The number of carbonyl (C=O) groups is 1. The fourth-order valence-electron chi connectivity index (χ4n) is 4.09. The Labute approximate surface area is 195 Å². The van der Waals surface area contributed by atoms with Gasteiger partial charge in [0.1, 0.15) is 5.69 Å². The summed E-state index contributed by atoms with van der Waals surface area (Å²) in [7, 11) is 0. The van der Waals surface area contributed by atoms with Crippen LogP contribution in [0.15, 0.2) is 89.4 Å². The Balaban J connectivity index is 1.45. The molecule has 32 heavy (non-hydrogen) atoms. The molecule has 160 valence electrons. The second-order valence-corrected chi connectivity index (χ2v) is 9.28. The second kappa shape index (κ2) is 8.81. The Morgan fingerprint density at radius 1 is 1.16 bits per heavy atom. The molecule has 3 heterocycles. The van der Waals surface area contributed by atoms with Crippen LogP contribution >= 0.6 is 23.4 Å². The molecule has 1 amide bonds. The summed E-state index contributed by atoms with van der Waals surface area (Å²) in [4.78, 5) is 20.4. The van der Waals surface area contributed by atoms with E-state index in [0.29, 0.717) is 13.1 Å². The van der Waals surface area contributed by atoms with E-state index in [-0.39, 0.29) is 11.9 Å². The molecule has 0 saturated carbocycles. The van der Waals surface area contributed by atoms with Gasteiger partial charge in [0.15, 0.2) is 0 Å². The van der Waals surface area contributed by atoms with Crippen molar-refractivity contribution in [3.63, 3.8) is 0 Å². The average molecular weight is 461 g/mol. The molecule has 0 radical (unpaired) electrons. The van der Waals surface area contributed by atoms with Crippen molar-refractivity contribution in [3.05, 3.63) is 84.7 Å². The van der Waals surface area contributed by atoms with Gasteiger partial charge in [-0.15, -0.1) is 0 Å². The lowest BCUT2D eigenvalue weighted by molar-refractivity contribution is -0.125. The molecule has 5 nitrogen and oxygen atoms in total. The molecule has 1 atom stereocenters. The van der Waals surface area contributed by atoms with Crippen LogP contribution in [-0.4, -0.2) is 38.7 Å². The van der Waals surface area contributed by atoms with Gasteiger partial charge >= 0.3 is 0 Å². The van der Waals surface area contributed by atoms with Gasteiger partial charge in [-0.25, -0.2) is 0 Å². The van der Waals surface area contributed by atoms with Crippen LogP contribution in [0, 0.1) is 0 Å². The molecule has 1 unspecified atom stereocenters. The van der Waals surface area contributed by atoms with E-state index in [4.69, 9.17) is 16.7 Å². The monoisotopic (exact) mass is 460 g/mol. The number of pyridine rings is 1. The third kappa shape index (κ3) is 4.04. The number of hydrogen-bond donors (Lipinski definition) is 0. The Kier molecular flexibility index (Phi) is 5.72. The van der Waals surface area contributed by atoms with Crippen LogP contribution in [0.2, 0.25) is 5.02 Å². The van der Waals surface area contributed by atoms with Crippen LogP contribution in [0.3, 0.4) is 0 Å². The Hall–Kier alpha value is -3.09. The summed E-state index contributed by atoms with van der Waals surface area (Å²) < 4.78 is 2.05. The quantitative estimate of drug-likeness (QED) is 0.350. The first-order valence-electron chi connectivity index (χ1n) is 10.4. The maximum absolute atomic E-state index is 12.0. The maximum atomic E-state index is 12.0. The third-order valence-electron chi connectivity index (χ3n) is 5.66. The first kappa shape index (κ1) is 20.8. The minimum absolute atomic E-state index is 0.0290. The largest absolute Gasteiger partial charge is 0.337 e. The lowest BCUT2D eigenvalue weighted by atomic mass is 10.1. The molecule has 5 rings (SSSR count). The van der Waals surface area contributed by atoms with Crippen molar-refractivity contribution in [1.29, 1.82) is 0 Å². The van der Waals surface area contributed by atoms with E-state index in [0.717, 1.165) is 43.4 Å². The molecule has 1 aliphatic rings. The van der Waals surface area contributed by atoms with E-state index in [9.17, 15) is 4.79 Å². The van der Waals surface area contributed by atoms with Gasteiger partial charge < -0.3 is 4.90 Å². The summed E-state index contributed by atoms with van der Waals surface area (Å²) in [6.45, 7) is 4.96. The average Bonchev–Trinajstić information content (AvgIpc) is 3.44. The predicted octanol–water partition coefficient (Wildman–Crippen LogP) is 5.86. The molecular formula is C25H21ClN4OS. The topological polar surface area (TPSA) is 51.0 Å². The molecule has 1 aliphatic heterocycles. The van der Waals surface area contributed by atoms with E-state index in [1.54, 1.807) is 18.0 Å². The molecule has 0 spiro atoms. The van der Waals surface area contributed by atoms with E-state index < -0.39 is 0 Å². The van der Waals surface area contributed by atoms with Gasteiger partial charge in [-0.05, 0) is 48.9 Å². The van der Waals surface area contributed by atoms with Gasteiger partial charge in [0.2, 0.25) is 5.91 Å². The number of amides is 1. The van der Waals surface area contributed by atoms with Gasteiger partial charge in [0.05, 0.1) is 11.6 Å². The van der Waals surface area contributed by atoms with E-state index >= 15 is 0 Å². The highest BCUT2D eigenvalue weighted by atomic mass is 35.5. The molecule has 2 aromatic carbocycles. The SMILES string of the molecule is C=CC(=O)N1CCC(n2nc(-c3ccc(Sc4cccc(Cl)c4)cc3)c3cnccc32)C1. The second-order valence-electron chi connectivity index (χ2n) is 7.70. The summed E-state index contributed by atoms with van der Waals surface area (Å²) in [5.41, 5.74) is 2.97. The smallest absolute Gasteiger partial charge is 0.246 e.